The van der Waals surface area contributed by atoms with Gasteiger partial charge in [0.1, 0.15) is 0 Å². The van der Waals surface area contributed by atoms with E-state index in [-0.39, 0.29) is 0 Å². The number of rotatable bonds is 3. The van der Waals surface area contributed by atoms with Crippen LogP contribution in [0, 0.1) is 0 Å². The number of hydrogen-bond acceptors (Lipinski definition) is 5. The molecule has 3 aliphatic heterocycles. The molecule has 0 aromatic heterocycles. The third-order valence-electron chi connectivity index (χ3n) is 7.27. The molecule has 3 aliphatic rings. The molecule has 29 heavy (non-hydrogen) atoms. The Labute approximate surface area is 181 Å². The van der Waals surface area contributed by atoms with Gasteiger partial charge in [-0.25, -0.2) is 0 Å². The number of hydrogen-bond donors (Lipinski definition) is 1. The highest BCUT2D eigenvalue weighted by Crippen LogP contribution is 2.20. The van der Waals surface area contributed by atoms with Crippen LogP contribution in [0.5, 0.6) is 0 Å². The van der Waals surface area contributed by atoms with Crippen molar-refractivity contribution in [2.45, 2.75) is 110 Å². The molecular weight excluding hydrogens is 360 g/mol. The van der Waals surface area contributed by atoms with E-state index in [4.69, 9.17) is 4.74 Å². The second kappa shape index (κ2) is 12.6. The van der Waals surface area contributed by atoms with E-state index < -0.39 is 0 Å². The molecule has 0 radical (unpaired) electrons. The summed E-state index contributed by atoms with van der Waals surface area (Å²) in [5, 5.41) is 3.54. The van der Waals surface area contributed by atoms with Gasteiger partial charge >= 0.3 is 0 Å². The molecule has 3 rings (SSSR count). The Morgan fingerprint density at radius 2 is 1.45 bits per heavy atom. The van der Waals surface area contributed by atoms with Crippen molar-refractivity contribution in [1.82, 2.24) is 20.0 Å². The summed E-state index contributed by atoms with van der Waals surface area (Å²) in [6.07, 6.45) is 5.07. The summed E-state index contributed by atoms with van der Waals surface area (Å²) < 4.78 is 5.47. The van der Waals surface area contributed by atoms with Gasteiger partial charge in [0.25, 0.3) is 0 Å². The van der Waals surface area contributed by atoms with Gasteiger partial charge in [0.15, 0.2) is 0 Å². The Morgan fingerprint density at radius 3 is 2.07 bits per heavy atom. The molecule has 0 aromatic carbocycles. The zero-order chi connectivity index (χ0) is 21.4. The summed E-state index contributed by atoms with van der Waals surface area (Å²) >= 11 is 0. The average molecular weight is 411 g/mol. The fourth-order valence-electron chi connectivity index (χ4n) is 5.34. The summed E-state index contributed by atoms with van der Waals surface area (Å²) in [7, 11) is 0. The van der Waals surface area contributed by atoms with E-state index >= 15 is 0 Å². The highest BCUT2D eigenvalue weighted by atomic mass is 16.5. The molecule has 3 saturated heterocycles. The summed E-state index contributed by atoms with van der Waals surface area (Å²) in [6, 6.07) is 4.14. The third-order valence-corrected chi connectivity index (χ3v) is 7.27. The summed E-state index contributed by atoms with van der Waals surface area (Å²) in [6.45, 7) is 24.3. The zero-order valence-electron chi connectivity index (χ0n) is 20.5. The molecule has 0 saturated carbocycles. The van der Waals surface area contributed by atoms with Crippen molar-refractivity contribution >= 4 is 0 Å². The van der Waals surface area contributed by atoms with Gasteiger partial charge in [-0.05, 0) is 100 Å². The maximum atomic E-state index is 5.47. The van der Waals surface area contributed by atoms with Crippen LogP contribution in [0.3, 0.4) is 0 Å². The van der Waals surface area contributed by atoms with E-state index in [2.05, 4.69) is 68.5 Å². The highest BCUT2D eigenvalue weighted by molar-refractivity contribution is 4.84. The monoisotopic (exact) mass is 410 g/mol. The lowest BCUT2D eigenvalue weighted by atomic mass is 10.1. The first-order chi connectivity index (χ1) is 13.8. The fourth-order valence-corrected chi connectivity index (χ4v) is 5.34. The first kappa shape index (κ1) is 25.1. The topological polar surface area (TPSA) is 31.0 Å². The van der Waals surface area contributed by atoms with E-state index in [1.54, 1.807) is 0 Å². The summed E-state index contributed by atoms with van der Waals surface area (Å²) in [5.41, 5.74) is 0. The molecule has 0 amide bonds. The minimum Gasteiger partial charge on any atom is -0.381 e. The van der Waals surface area contributed by atoms with Gasteiger partial charge < -0.3 is 10.1 Å². The van der Waals surface area contributed by atoms with E-state index in [9.17, 15) is 0 Å². The minimum absolute atomic E-state index is 0.634. The first-order valence-corrected chi connectivity index (χ1v) is 12.4. The van der Waals surface area contributed by atoms with E-state index in [1.807, 2.05) is 0 Å². The van der Waals surface area contributed by atoms with Crippen LogP contribution < -0.4 is 5.32 Å². The Bertz CT molecular complexity index is 439. The molecule has 3 atom stereocenters. The van der Waals surface area contributed by atoms with Crippen molar-refractivity contribution in [3.8, 4) is 0 Å². The van der Waals surface area contributed by atoms with Gasteiger partial charge in [-0.15, -0.1) is 0 Å². The van der Waals surface area contributed by atoms with Crippen LogP contribution in [0.25, 0.3) is 0 Å². The van der Waals surface area contributed by atoms with Crippen molar-refractivity contribution in [2.75, 3.05) is 45.9 Å². The molecule has 1 unspecified atom stereocenters. The maximum Gasteiger partial charge on any atom is 0.0480 e. The Hall–Kier alpha value is -0.200. The van der Waals surface area contributed by atoms with Crippen LogP contribution in [-0.2, 0) is 4.74 Å². The number of nitrogens with zero attached hydrogens (tertiary/aromatic N) is 3. The van der Waals surface area contributed by atoms with E-state index in [1.165, 1.54) is 58.4 Å². The molecule has 5 nitrogen and oxygen atoms in total. The second-order valence-electron chi connectivity index (χ2n) is 10.0. The molecule has 1 N–H and O–H groups in total. The molecule has 0 bridgehead atoms. The Kier molecular flexibility index (Phi) is 10.9. The van der Waals surface area contributed by atoms with Crippen LogP contribution >= 0.6 is 0 Å². The largest absolute Gasteiger partial charge is 0.381 e. The van der Waals surface area contributed by atoms with Crippen LogP contribution in [0.15, 0.2) is 0 Å². The molecule has 172 valence electrons. The lowest BCUT2D eigenvalue weighted by molar-refractivity contribution is 0.0302. The Morgan fingerprint density at radius 1 is 0.828 bits per heavy atom. The number of ether oxygens (including phenoxy) is 1. The number of nitrogens with one attached hydrogen (secondary N) is 1. The predicted octanol–water partition coefficient (Wildman–Crippen LogP) is 3.44. The molecule has 3 heterocycles. The van der Waals surface area contributed by atoms with Crippen LogP contribution in [0.4, 0.5) is 0 Å². The van der Waals surface area contributed by atoms with Gasteiger partial charge in [-0.1, -0.05) is 0 Å². The van der Waals surface area contributed by atoms with Crippen molar-refractivity contribution < 1.29 is 4.74 Å². The lowest BCUT2D eigenvalue weighted by Gasteiger charge is -2.36. The quantitative estimate of drug-likeness (QED) is 0.770. The smallest absolute Gasteiger partial charge is 0.0480 e. The van der Waals surface area contributed by atoms with Gasteiger partial charge in [0.2, 0.25) is 0 Å². The maximum absolute atomic E-state index is 5.47. The fraction of sp³-hybridized carbons (Fsp3) is 1.00. The summed E-state index contributed by atoms with van der Waals surface area (Å²) in [5.74, 6) is 0. The van der Waals surface area contributed by atoms with Crippen LogP contribution in [0.1, 0.15) is 74.1 Å². The molecule has 0 aliphatic carbocycles. The van der Waals surface area contributed by atoms with Crippen molar-refractivity contribution in [2.24, 2.45) is 0 Å². The molecule has 0 spiro atoms. The normalized spacial score (nSPS) is 32.0. The average Bonchev–Trinajstić information content (AvgIpc) is 2.99. The van der Waals surface area contributed by atoms with Crippen molar-refractivity contribution in [3.63, 3.8) is 0 Å². The highest BCUT2D eigenvalue weighted by Gasteiger charge is 2.28. The molecular formula is C24H50N4O. The van der Waals surface area contributed by atoms with Crippen LogP contribution in [-0.4, -0.2) is 96.9 Å². The molecule has 3 fully saturated rings. The van der Waals surface area contributed by atoms with Gasteiger partial charge in [0.05, 0.1) is 0 Å². The zero-order valence-corrected chi connectivity index (χ0v) is 20.5. The van der Waals surface area contributed by atoms with Crippen molar-refractivity contribution in [3.05, 3.63) is 0 Å². The van der Waals surface area contributed by atoms with E-state index in [0.717, 1.165) is 19.3 Å². The minimum atomic E-state index is 0.634. The predicted molar refractivity (Wildman–Crippen MR) is 125 cm³/mol. The standard InChI is InChI=1S/C14H28N2O.C10H22N2/c1-12(2)16-8-4-7-15(11-13(16)3)14-5-9-17-10-6-14;1-8(2)12-7-5-6-11-9(3)10(12)4/h12-14H,4-11H2,1-3H3;8-11H,5-7H2,1-4H3/t13-;9?,10-/m00/s1. The third kappa shape index (κ3) is 7.77. The second-order valence-corrected chi connectivity index (χ2v) is 10.0. The van der Waals surface area contributed by atoms with E-state index in [0.29, 0.717) is 30.2 Å². The SMILES string of the molecule is CC(C)N1CCCN(C2CCOCC2)C[C@@H]1C.CC1NCCCN(C(C)C)[C@H]1C. The Balaban J connectivity index is 0.000000221. The van der Waals surface area contributed by atoms with Gasteiger partial charge in [-0.3, -0.25) is 14.7 Å². The first-order valence-electron chi connectivity index (χ1n) is 12.4. The molecule has 5 heteroatoms. The summed E-state index contributed by atoms with van der Waals surface area (Å²) in [4.78, 5) is 7.96. The molecule has 0 aromatic rings. The van der Waals surface area contributed by atoms with Gasteiger partial charge in [0, 0.05) is 56.0 Å². The lowest BCUT2D eigenvalue weighted by Crippen LogP contribution is -2.46. The van der Waals surface area contributed by atoms with Gasteiger partial charge in [-0.2, -0.15) is 0 Å². The van der Waals surface area contributed by atoms with Crippen molar-refractivity contribution in [1.29, 1.82) is 0 Å². The van der Waals surface area contributed by atoms with Crippen LogP contribution in [0.2, 0.25) is 0 Å².